The number of aromatic nitrogens is 3. The SMILES string of the molecule is CCc1cccc(Cl)c1C(O)CC(OC(=O)C(C)(C)C)c1nc(Br)n[nH]1. The summed E-state index contributed by atoms with van der Waals surface area (Å²) in [6.45, 7) is 7.29. The Morgan fingerprint density at radius 1 is 1.42 bits per heavy atom. The van der Waals surface area contributed by atoms with Gasteiger partial charge in [-0.15, -0.1) is 5.10 Å². The lowest BCUT2D eigenvalue weighted by Gasteiger charge is -2.25. The second kappa shape index (κ2) is 8.50. The predicted molar refractivity (Wildman–Crippen MR) is 103 cm³/mol. The summed E-state index contributed by atoms with van der Waals surface area (Å²) < 4.78 is 5.98. The molecule has 2 N–H and O–H groups in total. The summed E-state index contributed by atoms with van der Waals surface area (Å²) in [5.74, 6) is -0.0317. The zero-order valence-corrected chi connectivity index (χ0v) is 17.6. The summed E-state index contributed by atoms with van der Waals surface area (Å²) in [7, 11) is 0. The molecule has 8 heteroatoms. The summed E-state index contributed by atoms with van der Waals surface area (Å²) in [6, 6.07) is 5.51. The normalized spacial score (nSPS) is 14.1. The van der Waals surface area contributed by atoms with Gasteiger partial charge in [-0.3, -0.25) is 9.89 Å². The third kappa shape index (κ3) is 5.05. The number of carbonyl (C=O) groups excluding carboxylic acids is 1. The number of halogens is 2. The first kappa shape index (κ1) is 20.9. The van der Waals surface area contributed by atoms with Crippen LogP contribution < -0.4 is 0 Å². The number of hydrogen-bond acceptors (Lipinski definition) is 5. The molecule has 6 nitrogen and oxygen atoms in total. The smallest absolute Gasteiger partial charge is 0.311 e. The van der Waals surface area contributed by atoms with Crippen molar-refractivity contribution in [2.75, 3.05) is 0 Å². The van der Waals surface area contributed by atoms with Gasteiger partial charge in [-0.1, -0.05) is 30.7 Å². The number of H-pyrrole nitrogens is 1. The lowest BCUT2D eigenvalue weighted by Crippen LogP contribution is -2.26. The monoisotopic (exact) mass is 443 g/mol. The Hall–Kier alpha value is -1.44. The van der Waals surface area contributed by atoms with E-state index in [1.165, 1.54) is 0 Å². The van der Waals surface area contributed by atoms with Crippen molar-refractivity contribution < 1.29 is 14.6 Å². The fourth-order valence-corrected chi connectivity index (χ4v) is 3.10. The van der Waals surface area contributed by atoms with Gasteiger partial charge in [-0.25, -0.2) is 4.98 Å². The highest BCUT2D eigenvalue weighted by molar-refractivity contribution is 9.10. The first-order valence-corrected chi connectivity index (χ1v) is 9.54. The molecule has 1 aromatic carbocycles. The first-order valence-electron chi connectivity index (χ1n) is 8.37. The molecule has 1 aromatic heterocycles. The van der Waals surface area contributed by atoms with Crippen LogP contribution in [-0.4, -0.2) is 26.3 Å². The number of aliphatic hydroxyl groups excluding tert-OH is 1. The van der Waals surface area contributed by atoms with Gasteiger partial charge < -0.3 is 9.84 Å². The number of ether oxygens (including phenoxy) is 1. The Morgan fingerprint density at radius 3 is 2.65 bits per heavy atom. The van der Waals surface area contributed by atoms with Crippen LogP contribution in [0.1, 0.15) is 63.3 Å². The number of benzene rings is 1. The van der Waals surface area contributed by atoms with Crippen LogP contribution in [0.15, 0.2) is 22.9 Å². The van der Waals surface area contributed by atoms with Gasteiger partial charge in [0.15, 0.2) is 11.9 Å². The van der Waals surface area contributed by atoms with Crippen molar-refractivity contribution in [3.05, 3.63) is 44.9 Å². The Bertz CT molecular complexity index is 773. The fourth-order valence-electron chi connectivity index (χ4n) is 2.50. The van der Waals surface area contributed by atoms with Gasteiger partial charge in [0, 0.05) is 17.0 Å². The van der Waals surface area contributed by atoms with Gasteiger partial charge in [0.1, 0.15) is 0 Å². The van der Waals surface area contributed by atoms with Crippen LogP contribution >= 0.6 is 27.5 Å². The minimum Gasteiger partial charge on any atom is -0.454 e. The largest absolute Gasteiger partial charge is 0.454 e. The Labute approximate surface area is 166 Å². The molecule has 0 aliphatic carbocycles. The third-order valence-corrected chi connectivity index (χ3v) is 4.62. The number of aryl methyl sites for hydroxylation is 1. The predicted octanol–water partition coefficient (Wildman–Crippen LogP) is 4.54. The summed E-state index contributed by atoms with van der Waals surface area (Å²) in [6.07, 6.45) is -0.857. The van der Waals surface area contributed by atoms with Gasteiger partial charge in [-0.2, -0.15) is 0 Å². The molecule has 2 atom stereocenters. The maximum atomic E-state index is 12.4. The number of esters is 1. The molecule has 0 saturated heterocycles. The summed E-state index contributed by atoms with van der Waals surface area (Å²) in [4.78, 5) is 16.5. The van der Waals surface area contributed by atoms with E-state index in [0.29, 0.717) is 21.1 Å². The average molecular weight is 445 g/mol. The molecule has 1 heterocycles. The molecule has 0 bridgehead atoms. The molecule has 0 saturated carbocycles. The summed E-state index contributed by atoms with van der Waals surface area (Å²) in [5, 5.41) is 18.0. The first-order chi connectivity index (χ1) is 12.1. The maximum absolute atomic E-state index is 12.4. The van der Waals surface area contributed by atoms with Crippen LogP contribution in [0.2, 0.25) is 5.02 Å². The van der Waals surface area contributed by atoms with Crippen LogP contribution in [0.25, 0.3) is 0 Å². The lowest BCUT2D eigenvalue weighted by molar-refractivity contribution is -0.161. The molecular formula is C18H23BrClN3O3. The van der Waals surface area contributed by atoms with Crippen molar-refractivity contribution in [2.24, 2.45) is 5.41 Å². The molecule has 2 aromatic rings. The molecule has 2 rings (SSSR count). The van der Waals surface area contributed by atoms with Crippen LogP contribution in [0.4, 0.5) is 0 Å². The van der Waals surface area contributed by atoms with Gasteiger partial charge >= 0.3 is 5.97 Å². The van der Waals surface area contributed by atoms with E-state index in [4.69, 9.17) is 16.3 Å². The highest BCUT2D eigenvalue weighted by Gasteiger charge is 2.31. The maximum Gasteiger partial charge on any atom is 0.311 e. The van der Waals surface area contributed by atoms with Crippen molar-refractivity contribution in [3.8, 4) is 0 Å². The van der Waals surface area contributed by atoms with Crippen molar-refractivity contribution in [2.45, 2.75) is 52.7 Å². The fraction of sp³-hybridized carbons (Fsp3) is 0.500. The Kier molecular flexibility index (Phi) is 6.82. The van der Waals surface area contributed by atoms with E-state index in [2.05, 4.69) is 31.1 Å². The number of carbonyl (C=O) groups is 1. The van der Waals surface area contributed by atoms with Gasteiger partial charge in [-0.05, 0) is 54.8 Å². The topological polar surface area (TPSA) is 88.1 Å². The number of aromatic amines is 1. The van der Waals surface area contributed by atoms with E-state index in [1.54, 1.807) is 26.8 Å². The van der Waals surface area contributed by atoms with Crippen LogP contribution in [0.3, 0.4) is 0 Å². The number of nitrogens with zero attached hydrogens (tertiary/aromatic N) is 2. The minimum absolute atomic E-state index is 0.111. The quantitative estimate of drug-likeness (QED) is 0.639. The van der Waals surface area contributed by atoms with E-state index in [0.717, 1.165) is 12.0 Å². The van der Waals surface area contributed by atoms with E-state index in [-0.39, 0.29) is 6.42 Å². The average Bonchev–Trinajstić information content (AvgIpc) is 2.99. The second-order valence-electron chi connectivity index (χ2n) is 7.05. The molecule has 0 aliphatic rings. The van der Waals surface area contributed by atoms with E-state index < -0.39 is 23.6 Å². The van der Waals surface area contributed by atoms with Crippen molar-refractivity contribution in [1.82, 2.24) is 15.2 Å². The van der Waals surface area contributed by atoms with Gasteiger partial charge in [0.25, 0.3) is 0 Å². The molecule has 26 heavy (non-hydrogen) atoms. The van der Waals surface area contributed by atoms with Crippen LogP contribution in [0.5, 0.6) is 0 Å². The van der Waals surface area contributed by atoms with E-state index >= 15 is 0 Å². The number of nitrogens with one attached hydrogen (secondary N) is 1. The third-order valence-electron chi connectivity index (χ3n) is 3.94. The molecule has 0 radical (unpaired) electrons. The van der Waals surface area contributed by atoms with Crippen LogP contribution in [-0.2, 0) is 16.0 Å². The molecule has 142 valence electrons. The second-order valence-corrected chi connectivity index (χ2v) is 8.17. The minimum atomic E-state index is -0.916. The molecule has 0 aliphatic heterocycles. The van der Waals surface area contributed by atoms with Crippen molar-refractivity contribution >= 4 is 33.5 Å². The molecule has 2 unspecified atom stereocenters. The van der Waals surface area contributed by atoms with E-state index in [9.17, 15) is 9.90 Å². The molecule has 0 amide bonds. The van der Waals surface area contributed by atoms with E-state index in [1.807, 2.05) is 19.1 Å². The molecular weight excluding hydrogens is 422 g/mol. The molecule has 0 fully saturated rings. The zero-order chi connectivity index (χ0) is 19.5. The zero-order valence-electron chi connectivity index (χ0n) is 15.2. The van der Waals surface area contributed by atoms with Gasteiger partial charge in [0.2, 0.25) is 4.73 Å². The highest BCUT2D eigenvalue weighted by atomic mass is 79.9. The van der Waals surface area contributed by atoms with Crippen molar-refractivity contribution in [3.63, 3.8) is 0 Å². The Morgan fingerprint density at radius 2 is 2.12 bits per heavy atom. The number of hydrogen-bond donors (Lipinski definition) is 2. The van der Waals surface area contributed by atoms with Crippen LogP contribution in [0, 0.1) is 5.41 Å². The summed E-state index contributed by atoms with van der Waals surface area (Å²) in [5.41, 5.74) is 0.913. The lowest BCUT2D eigenvalue weighted by atomic mass is 9.95. The standard InChI is InChI=1S/C18H23BrClN3O3/c1-5-10-7-6-8-11(20)14(10)12(24)9-13(15-21-17(19)23-22-15)26-16(25)18(2,3)4/h6-8,12-13,24H,5,9H2,1-4H3,(H,21,22,23). The molecule has 0 spiro atoms. The number of rotatable bonds is 6. The summed E-state index contributed by atoms with van der Waals surface area (Å²) >= 11 is 9.48. The Balaban J connectivity index is 2.31. The number of aliphatic hydroxyl groups is 1. The highest BCUT2D eigenvalue weighted by Crippen LogP contribution is 2.35. The van der Waals surface area contributed by atoms with Crippen molar-refractivity contribution in [1.29, 1.82) is 0 Å². The van der Waals surface area contributed by atoms with Gasteiger partial charge in [0.05, 0.1) is 11.5 Å².